The van der Waals surface area contributed by atoms with Crippen LogP contribution >= 0.6 is 0 Å². The maximum atomic E-state index is 11.4. The van der Waals surface area contributed by atoms with Crippen molar-refractivity contribution in [2.45, 2.75) is 38.6 Å². The minimum Gasteiger partial charge on any atom is -0.353 e. The number of nitrogens with one attached hydrogen (secondary N) is 1. The molecule has 1 aliphatic heterocycles. The average Bonchev–Trinajstić information content (AvgIpc) is 2.22. The molecular formula is C11H23N3O. The molecule has 0 aliphatic carbocycles. The Morgan fingerprint density at radius 1 is 1.47 bits per heavy atom. The number of carbonyl (C=O) groups excluding carboxylic acids is 1. The third-order valence-electron chi connectivity index (χ3n) is 2.88. The lowest BCUT2D eigenvalue weighted by Crippen LogP contribution is -2.45. The Balaban J connectivity index is 2.16. The molecular weight excluding hydrogens is 190 g/mol. The summed E-state index contributed by atoms with van der Waals surface area (Å²) < 4.78 is 0. The predicted molar refractivity (Wildman–Crippen MR) is 61.6 cm³/mol. The molecule has 1 rings (SSSR count). The van der Waals surface area contributed by atoms with Crippen LogP contribution in [0.2, 0.25) is 0 Å². The van der Waals surface area contributed by atoms with E-state index in [9.17, 15) is 4.79 Å². The molecule has 1 heterocycles. The van der Waals surface area contributed by atoms with Crippen molar-refractivity contribution < 1.29 is 4.79 Å². The van der Waals surface area contributed by atoms with Crippen LogP contribution in [-0.2, 0) is 4.79 Å². The molecule has 0 unspecified atom stereocenters. The zero-order valence-electron chi connectivity index (χ0n) is 9.67. The van der Waals surface area contributed by atoms with Crippen LogP contribution in [0.5, 0.6) is 0 Å². The first kappa shape index (κ1) is 12.5. The number of hydrogen-bond acceptors (Lipinski definition) is 3. The van der Waals surface area contributed by atoms with E-state index in [1.165, 1.54) is 0 Å². The first-order chi connectivity index (χ1) is 7.26. The van der Waals surface area contributed by atoms with Crippen molar-refractivity contribution in [3.63, 3.8) is 0 Å². The van der Waals surface area contributed by atoms with Crippen molar-refractivity contribution in [2.75, 3.05) is 26.2 Å². The summed E-state index contributed by atoms with van der Waals surface area (Å²) in [7, 11) is 0. The van der Waals surface area contributed by atoms with Gasteiger partial charge in [-0.2, -0.15) is 0 Å². The van der Waals surface area contributed by atoms with Gasteiger partial charge in [0.15, 0.2) is 0 Å². The van der Waals surface area contributed by atoms with Crippen LogP contribution in [-0.4, -0.2) is 43.0 Å². The van der Waals surface area contributed by atoms with Crippen LogP contribution < -0.4 is 11.1 Å². The summed E-state index contributed by atoms with van der Waals surface area (Å²) in [6.45, 7) is 5.87. The Morgan fingerprint density at radius 2 is 2.13 bits per heavy atom. The average molecular weight is 213 g/mol. The number of rotatable bonds is 5. The quantitative estimate of drug-likeness (QED) is 0.692. The number of hydrogen-bond donors (Lipinski definition) is 2. The smallest absolute Gasteiger partial charge is 0.220 e. The second-order valence-electron chi connectivity index (χ2n) is 4.22. The molecule has 0 aromatic heterocycles. The van der Waals surface area contributed by atoms with Gasteiger partial charge in [-0.25, -0.2) is 0 Å². The fourth-order valence-corrected chi connectivity index (χ4v) is 2.01. The summed E-state index contributed by atoms with van der Waals surface area (Å²) in [6, 6.07) is 0.387. The van der Waals surface area contributed by atoms with Crippen LogP contribution in [0.3, 0.4) is 0 Å². The van der Waals surface area contributed by atoms with Crippen molar-refractivity contribution in [2.24, 2.45) is 5.73 Å². The summed E-state index contributed by atoms with van der Waals surface area (Å²) in [6.07, 6.45) is 3.71. The topological polar surface area (TPSA) is 58.4 Å². The minimum atomic E-state index is 0.203. The van der Waals surface area contributed by atoms with Crippen molar-refractivity contribution in [3.8, 4) is 0 Å². The van der Waals surface area contributed by atoms with Gasteiger partial charge in [0.05, 0.1) is 0 Å². The van der Waals surface area contributed by atoms with E-state index < -0.39 is 0 Å². The molecule has 0 bridgehead atoms. The molecule has 0 aromatic carbocycles. The molecule has 15 heavy (non-hydrogen) atoms. The molecule has 1 saturated heterocycles. The number of amides is 1. The third-order valence-corrected chi connectivity index (χ3v) is 2.88. The normalized spacial score (nSPS) is 19.1. The molecule has 0 saturated carbocycles. The Morgan fingerprint density at radius 3 is 2.67 bits per heavy atom. The molecule has 4 nitrogen and oxygen atoms in total. The molecule has 0 spiro atoms. The zero-order chi connectivity index (χ0) is 11.1. The van der Waals surface area contributed by atoms with Crippen molar-refractivity contribution in [1.29, 1.82) is 0 Å². The monoisotopic (exact) mass is 213 g/mol. The molecule has 0 radical (unpaired) electrons. The molecule has 3 N–H and O–H groups in total. The predicted octanol–water partition coefficient (Wildman–Crippen LogP) is 0.326. The molecule has 0 aromatic rings. The summed E-state index contributed by atoms with van der Waals surface area (Å²) in [4.78, 5) is 13.7. The molecule has 4 heteroatoms. The lowest BCUT2D eigenvalue weighted by Gasteiger charge is -2.31. The second kappa shape index (κ2) is 6.80. The molecule has 0 atom stereocenters. The summed E-state index contributed by atoms with van der Waals surface area (Å²) >= 11 is 0. The highest BCUT2D eigenvalue weighted by molar-refractivity contribution is 5.76. The largest absolute Gasteiger partial charge is 0.353 e. The van der Waals surface area contributed by atoms with Crippen LogP contribution in [0.1, 0.15) is 32.6 Å². The zero-order valence-corrected chi connectivity index (χ0v) is 9.67. The van der Waals surface area contributed by atoms with Gasteiger partial charge in [0.1, 0.15) is 0 Å². The van der Waals surface area contributed by atoms with E-state index >= 15 is 0 Å². The highest BCUT2D eigenvalue weighted by Crippen LogP contribution is 2.09. The molecule has 1 amide bonds. The number of likely N-dealkylation sites (tertiary alicyclic amines) is 1. The third kappa shape index (κ3) is 4.62. The van der Waals surface area contributed by atoms with Crippen LogP contribution in [0.15, 0.2) is 0 Å². The number of nitrogens with two attached hydrogens (primary N) is 1. The first-order valence-electron chi connectivity index (χ1n) is 5.98. The van der Waals surface area contributed by atoms with E-state index in [1.54, 1.807) is 0 Å². The maximum absolute atomic E-state index is 11.4. The Bertz CT molecular complexity index is 188. The lowest BCUT2D eigenvalue weighted by atomic mass is 10.0. The highest BCUT2D eigenvalue weighted by Gasteiger charge is 2.19. The summed E-state index contributed by atoms with van der Waals surface area (Å²) in [5.41, 5.74) is 5.50. The van der Waals surface area contributed by atoms with Gasteiger partial charge in [-0.3, -0.25) is 4.79 Å². The SMILES string of the molecule is CCCC(=O)NC1CCN(CCN)CC1. The fourth-order valence-electron chi connectivity index (χ4n) is 2.01. The van der Waals surface area contributed by atoms with E-state index in [-0.39, 0.29) is 5.91 Å². The standard InChI is InChI=1S/C11H23N3O/c1-2-3-11(15)13-10-4-7-14(8-5-10)9-6-12/h10H,2-9,12H2,1H3,(H,13,15). The Kier molecular flexibility index (Phi) is 5.65. The number of carbonyl (C=O) groups is 1. The Labute approximate surface area is 92.2 Å². The van der Waals surface area contributed by atoms with Crippen molar-refractivity contribution >= 4 is 5.91 Å². The van der Waals surface area contributed by atoms with Crippen molar-refractivity contribution in [1.82, 2.24) is 10.2 Å². The minimum absolute atomic E-state index is 0.203. The van der Waals surface area contributed by atoms with E-state index in [4.69, 9.17) is 5.73 Å². The molecule has 1 aliphatic rings. The number of piperidine rings is 1. The van der Waals surface area contributed by atoms with E-state index in [2.05, 4.69) is 10.2 Å². The van der Waals surface area contributed by atoms with E-state index in [0.29, 0.717) is 12.5 Å². The van der Waals surface area contributed by atoms with Gasteiger partial charge in [-0.15, -0.1) is 0 Å². The van der Waals surface area contributed by atoms with Gasteiger partial charge in [0, 0.05) is 38.6 Å². The lowest BCUT2D eigenvalue weighted by molar-refractivity contribution is -0.122. The van der Waals surface area contributed by atoms with Crippen LogP contribution in [0.4, 0.5) is 0 Å². The van der Waals surface area contributed by atoms with Crippen molar-refractivity contribution in [3.05, 3.63) is 0 Å². The van der Waals surface area contributed by atoms with Gasteiger partial charge in [-0.05, 0) is 19.3 Å². The Hall–Kier alpha value is -0.610. The second-order valence-corrected chi connectivity index (χ2v) is 4.22. The van der Waals surface area contributed by atoms with E-state index in [1.807, 2.05) is 6.92 Å². The van der Waals surface area contributed by atoms with Gasteiger partial charge in [0.25, 0.3) is 0 Å². The molecule has 1 fully saturated rings. The maximum Gasteiger partial charge on any atom is 0.220 e. The van der Waals surface area contributed by atoms with Gasteiger partial charge in [-0.1, -0.05) is 6.92 Å². The van der Waals surface area contributed by atoms with Crippen LogP contribution in [0.25, 0.3) is 0 Å². The number of nitrogens with zero attached hydrogens (tertiary/aromatic N) is 1. The summed E-state index contributed by atoms with van der Waals surface area (Å²) in [5.74, 6) is 0.203. The fraction of sp³-hybridized carbons (Fsp3) is 0.909. The van der Waals surface area contributed by atoms with Gasteiger partial charge < -0.3 is 16.0 Å². The summed E-state index contributed by atoms with van der Waals surface area (Å²) in [5, 5.41) is 3.09. The van der Waals surface area contributed by atoms with E-state index in [0.717, 1.165) is 45.4 Å². The van der Waals surface area contributed by atoms with Crippen LogP contribution in [0, 0.1) is 0 Å². The highest BCUT2D eigenvalue weighted by atomic mass is 16.1. The van der Waals surface area contributed by atoms with Gasteiger partial charge in [0.2, 0.25) is 5.91 Å². The molecule has 88 valence electrons. The van der Waals surface area contributed by atoms with Gasteiger partial charge >= 0.3 is 0 Å². The first-order valence-corrected chi connectivity index (χ1v) is 5.98.